The van der Waals surface area contributed by atoms with Crippen molar-refractivity contribution in [1.82, 2.24) is 9.99 Å². The third kappa shape index (κ3) is 3.94. The Morgan fingerprint density at radius 2 is 1.81 bits per heavy atom. The number of carboxylic acid groups (broad SMARTS) is 1. The zero-order valence-electron chi connectivity index (χ0n) is 20.4. The summed E-state index contributed by atoms with van der Waals surface area (Å²) in [5.74, 6) is -0.804. The largest absolute Gasteiger partial charge is 0.494 e. The molecule has 1 aliphatic heterocycles. The van der Waals surface area contributed by atoms with Crippen molar-refractivity contribution in [3.05, 3.63) is 88.5 Å². The SMILES string of the molecule is CC(=NNC(=S)N1CCc2cc(C(=O)O)ccc21)c1c(O)n(-c2ccc3c(c2)CCC3)c2ccccc12. The molecule has 0 saturated heterocycles. The first-order valence-electron chi connectivity index (χ1n) is 12.4. The van der Waals surface area contributed by atoms with Crippen LogP contribution in [0.1, 0.15) is 46.0 Å². The number of aromatic carboxylic acids is 1. The lowest BCUT2D eigenvalue weighted by molar-refractivity contribution is 0.0697. The summed E-state index contributed by atoms with van der Waals surface area (Å²) >= 11 is 5.62. The molecule has 0 amide bonds. The predicted molar refractivity (Wildman–Crippen MR) is 149 cm³/mol. The average molecular weight is 511 g/mol. The molecule has 3 N–H and O–H groups in total. The number of aromatic hydroxyl groups is 1. The molecule has 7 nitrogen and oxygen atoms in total. The Bertz CT molecular complexity index is 1620. The molecule has 1 aromatic heterocycles. The maximum absolute atomic E-state index is 11.4. The highest BCUT2D eigenvalue weighted by Gasteiger charge is 2.24. The summed E-state index contributed by atoms with van der Waals surface area (Å²) in [5.41, 5.74) is 10.9. The van der Waals surface area contributed by atoms with E-state index in [1.54, 1.807) is 18.2 Å². The Labute approximate surface area is 219 Å². The van der Waals surface area contributed by atoms with Gasteiger partial charge in [-0.1, -0.05) is 24.3 Å². The molecule has 6 rings (SSSR count). The third-order valence-electron chi connectivity index (χ3n) is 7.34. The first-order chi connectivity index (χ1) is 17.9. The lowest BCUT2D eigenvalue weighted by Crippen LogP contribution is -2.36. The molecule has 0 atom stereocenters. The number of nitrogens with zero attached hydrogens (tertiary/aromatic N) is 3. The monoisotopic (exact) mass is 510 g/mol. The van der Waals surface area contributed by atoms with Crippen molar-refractivity contribution in [2.45, 2.75) is 32.6 Å². The summed E-state index contributed by atoms with van der Waals surface area (Å²) in [4.78, 5) is 13.2. The highest BCUT2D eigenvalue weighted by atomic mass is 32.1. The van der Waals surface area contributed by atoms with Gasteiger partial charge in [0.05, 0.1) is 22.4 Å². The summed E-state index contributed by atoms with van der Waals surface area (Å²) in [5, 5.41) is 26.6. The highest BCUT2D eigenvalue weighted by Crippen LogP contribution is 2.36. The van der Waals surface area contributed by atoms with Crippen LogP contribution in [0, 0.1) is 0 Å². The van der Waals surface area contributed by atoms with Crippen LogP contribution in [0.25, 0.3) is 16.6 Å². The second-order valence-corrected chi connectivity index (χ2v) is 9.91. The van der Waals surface area contributed by atoms with E-state index < -0.39 is 5.97 Å². The van der Waals surface area contributed by atoms with Gasteiger partial charge in [-0.3, -0.25) is 9.99 Å². The van der Waals surface area contributed by atoms with Crippen LogP contribution in [0.4, 0.5) is 5.69 Å². The van der Waals surface area contributed by atoms with Crippen LogP contribution in [-0.4, -0.2) is 38.1 Å². The van der Waals surface area contributed by atoms with E-state index >= 15 is 0 Å². The normalized spacial score (nSPS) is 14.6. The van der Waals surface area contributed by atoms with Gasteiger partial charge in [-0.25, -0.2) is 4.79 Å². The average Bonchev–Trinajstić information content (AvgIpc) is 3.61. The lowest BCUT2D eigenvalue weighted by Gasteiger charge is -2.19. The highest BCUT2D eigenvalue weighted by molar-refractivity contribution is 7.80. The van der Waals surface area contributed by atoms with Gasteiger partial charge in [-0.05, 0) is 97.9 Å². The molecule has 0 saturated carbocycles. The number of carbonyl (C=O) groups is 1. The number of thiocarbonyl (C=S) groups is 1. The number of aromatic nitrogens is 1. The van der Waals surface area contributed by atoms with E-state index in [-0.39, 0.29) is 11.4 Å². The number of fused-ring (bicyclic) bond motifs is 3. The van der Waals surface area contributed by atoms with Gasteiger partial charge in [0, 0.05) is 23.3 Å². The molecule has 0 radical (unpaired) electrons. The van der Waals surface area contributed by atoms with Gasteiger partial charge < -0.3 is 15.1 Å². The fourth-order valence-corrected chi connectivity index (χ4v) is 5.77. The minimum atomic E-state index is -0.943. The second kappa shape index (κ2) is 9.05. The van der Waals surface area contributed by atoms with Crippen LogP contribution in [0.5, 0.6) is 5.88 Å². The lowest BCUT2D eigenvalue weighted by atomic mass is 10.1. The van der Waals surface area contributed by atoms with Crippen LogP contribution in [0.2, 0.25) is 0 Å². The Morgan fingerprint density at radius 1 is 1.00 bits per heavy atom. The molecule has 2 heterocycles. The number of carboxylic acids is 1. The van der Waals surface area contributed by atoms with E-state index in [4.69, 9.17) is 12.2 Å². The second-order valence-electron chi connectivity index (χ2n) is 9.52. The van der Waals surface area contributed by atoms with E-state index in [2.05, 4.69) is 28.7 Å². The molecule has 2 aliphatic rings. The first-order valence-corrected chi connectivity index (χ1v) is 12.8. The molecule has 0 fully saturated rings. The summed E-state index contributed by atoms with van der Waals surface area (Å²) < 4.78 is 1.89. The summed E-state index contributed by atoms with van der Waals surface area (Å²) in [6.45, 7) is 2.49. The molecular formula is C29H26N4O3S. The fourth-order valence-electron chi connectivity index (χ4n) is 5.54. The summed E-state index contributed by atoms with van der Waals surface area (Å²) in [6, 6.07) is 19.4. The number of hydrogen-bond donors (Lipinski definition) is 3. The molecule has 186 valence electrons. The third-order valence-corrected chi connectivity index (χ3v) is 7.65. The molecule has 0 spiro atoms. The van der Waals surface area contributed by atoms with Crippen molar-refractivity contribution in [2.75, 3.05) is 11.4 Å². The van der Waals surface area contributed by atoms with E-state index in [0.29, 0.717) is 29.4 Å². The van der Waals surface area contributed by atoms with Gasteiger partial charge in [0.15, 0.2) is 5.11 Å². The van der Waals surface area contributed by atoms with Crippen LogP contribution < -0.4 is 10.3 Å². The Morgan fingerprint density at radius 3 is 2.65 bits per heavy atom. The van der Waals surface area contributed by atoms with Crippen molar-refractivity contribution in [1.29, 1.82) is 0 Å². The predicted octanol–water partition coefficient (Wildman–Crippen LogP) is 5.18. The van der Waals surface area contributed by atoms with Gasteiger partial charge in [-0.15, -0.1) is 0 Å². The van der Waals surface area contributed by atoms with Gasteiger partial charge in [0.2, 0.25) is 5.88 Å². The molecule has 3 aromatic carbocycles. The zero-order chi connectivity index (χ0) is 25.7. The van der Waals surface area contributed by atoms with Gasteiger partial charge in [0.1, 0.15) is 0 Å². The Hall–Kier alpha value is -4.17. The van der Waals surface area contributed by atoms with Crippen LogP contribution in [0.15, 0.2) is 65.8 Å². The number of rotatable bonds is 4. The Balaban J connectivity index is 1.31. The van der Waals surface area contributed by atoms with E-state index in [9.17, 15) is 15.0 Å². The molecule has 0 bridgehead atoms. The van der Waals surface area contributed by atoms with Gasteiger partial charge >= 0.3 is 5.97 Å². The molecule has 0 unspecified atom stereocenters. The number of aryl methyl sites for hydroxylation is 2. The number of benzene rings is 3. The van der Waals surface area contributed by atoms with E-state index in [1.165, 1.54) is 17.5 Å². The number of para-hydroxylation sites is 1. The van der Waals surface area contributed by atoms with E-state index in [0.717, 1.165) is 40.7 Å². The maximum Gasteiger partial charge on any atom is 0.335 e. The molecule has 4 aromatic rings. The minimum Gasteiger partial charge on any atom is -0.494 e. The van der Waals surface area contributed by atoms with Gasteiger partial charge in [0.25, 0.3) is 0 Å². The molecule has 1 aliphatic carbocycles. The number of nitrogens with one attached hydrogen (secondary N) is 1. The quantitative estimate of drug-likeness (QED) is 0.199. The summed E-state index contributed by atoms with van der Waals surface area (Å²) in [6.07, 6.45) is 4.05. The maximum atomic E-state index is 11.4. The topological polar surface area (TPSA) is 90.1 Å². The smallest absolute Gasteiger partial charge is 0.335 e. The molecule has 37 heavy (non-hydrogen) atoms. The molecule has 8 heteroatoms. The van der Waals surface area contributed by atoms with Crippen molar-refractivity contribution in [2.24, 2.45) is 5.10 Å². The van der Waals surface area contributed by atoms with Crippen molar-refractivity contribution >= 4 is 45.6 Å². The number of hydrazone groups is 1. The van der Waals surface area contributed by atoms with Crippen LogP contribution in [0.3, 0.4) is 0 Å². The standard InChI is InChI=1S/C29H26N4O3S/c1-17(30-31-29(37)32-14-13-20-15-21(28(35)36)10-12-24(20)32)26-23-7-2-3-8-25(23)33(27(26)34)22-11-9-18-5-4-6-19(18)16-22/h2-3,7-12,15-16,34H,4-6,13-14H2,1H3,(H,31,37)(H,35,36). The minimum absolute atomic E-state index is 0.140. The van der Waals surface area contributed by atoms with E-state index in [1.807, 2.05) is 40.7 Å². The molecular weight excluding hydrogens is 484 g/mol. The van der Waals surface area contributed by atoms with Crippen molar-refractivity contribution in [3.8, 4) is 11.6 Å². The van der Waals surface area contributed by atoms with Crippen LogP contribution >= 0.6 is 12.2 Å². The Kier molecular flexibility index (Phi) is 5.68. The zero-order valence-corrected chi connectivity index (χ0v) is 21.2. The number of hydrogen-bond acceptors (Lipinski definition) is 4. The van der Waals surface area contributed by atoms with Crippen LogP contribution in [-0.2, 0) is 19.3 Å². The van der Waals surface area contributed by atoms with Crippen molar-refractivity contribution in [3.63, 3.8) is 0 Å². The fraction of sp³-hybridized carbons (Fsp3) is 0.207. The van der Waals surface area contributed by atoms with Gasteiger partial charge in [-0.2, -0.15) is 5.10 Å². The first kappa shape index (κ1) is 23.2. The number of anilines is 1. The van der Waals surface area contributed by atoms with Crippen molar-refractivity contribution < 1.29 is 15.0 Å². The summed E-state index contributed by atoms with van der Waals surface area (Å²) in [7, 11) is 0.